The summed E-state index contributed by atoms with van der Waals surface area (Å²) in [5, 5.41) is 20.6. The molecular weight excluding hydrogens is 742 g/mol. The number of hydrogen-bond acceptors (Lipinski definition) is 8. The molecular formula is C37H38F6N4O6S. The molecule has 2 fully saturated rings. The number of carbonyl (C=O) groups is 3. The molecule has 0 radical (unpaired) electrons. The van der Waals surface area contributed by atoms with E-state index in [2.05, 4.69) is 11.1 Å². The first-order chi connectivity index (χ1) is 25.6. The number of aromatic nitrogens is 1. The molecule has 0 bridgehead atoms. The summed E-state index contributed by atoms with van der Waals surface area (Å²) in [5.74, 6) is -2.62. The summed E-state index contributed by atoms with van der Waals surface area (Å²) in [5.41, 5.74) is -4.72. The molecule has 2 amide bonds. The molecule has 4 heterocycles. The Labute approximate surface area is 311 Å². The van der Waals surface area contributed by atoms with Gasteiger partial charge >= 0.3 is 18.3 Å². The molecule has 1 aromatic carbocycles. The summed E-state index contributed by atoms with van der Waals surface area (Å²) in [6.07, 6.45) is -7.82. The standard InChI is InChI=1S/C37H38F6N4O6S/c1-2-8-28-35(53-24-21-29(54-22-24)37(41,42)43,13-7-17-47(28)32(50)31-26(36(38,39)40)10-5-16-45-31)33(51)46-18-14-34(23-44,15-19-46)25-9-3-4-11-27(25)52-20-6-12-30(48)49/h3-5,9-11,16,21-22,28H,2,6-8,12-15,17-20H2,1H3,(H,48,49)/t28-,35+/m1/s1. The molecule has 3 aromatic rings. The van der Waals surface area contributed by atoms with E-state index < -0.39 is 63.3 Å². The number of carboxylic acid groups (broad SMARTS) is 1. The van der Waals surface area contributed by atoms with E-state index in [0.717, 1.165) is 34.7 Å². The van der Waals surface area contributed by atoms with E-state index in [4.69, 9.17) is 14.6 Å². The van der Waals surface area contributed by atoms with Crippen LogP contribution in [0.1, 0.15) is 84.8 Å². The number of hydrogen-bond donors (Lipinski definition) is 1. The van der Waals surface area contributed by atoms with Gasteiger partial charge in [-0.05, 0) is 50.3 Å². The number of halogens is 6. The van der Waals surface area contributed by atoms with Crippen LogP contribution in [0.15, 0.2) is 54.0 Å². The number of piperidine rings is 2. The zero-order chi connectivity index (χ0) is 39.3. The fourth-order valence-electron chi connectivity index (χ4n) is 7.27. The third-order valence-electron chi connectivity index (χ3n) is 9.83. The van der Waals surface area contributed by atoms with Crippen LogP contribution in [0, 0.1) is 11.3 Å². The first kappa shape index (κ1) is 40.3. The Hall–Kier alpha value is -4.85. The second kappa shape index (κ2) is 16.3. The van der Waals surface area contributed by atoms with Crippen molar-refractivity contribution in [2.24, 2.45) is 0 Å². The van der Waals surface area contributed by atoms with Crippen LogP contribution >= 0.6 is 11.3 Å². The highest BCUT2D eigenvalue weighted by molar-refractivity contribution is 7.10. The number of carbonyl (C=O) groups excluding carboxylic acids is 2. The van der Waals surface area contributed by atoms with Gasteiger partial charge in [0, 0.05) is 55.7 Å². The largest absolute Gasteiger partial charge is 0.493 e. The minimum Gasteiger partial charge on any atom is -0.493 e. The average Bonchev–Trinajstić information content (AvgIpc) is 3.63. The third kappa shape index (κ3) is 8.43. The van der Waals surface area contributed by atoms with Gasteiger partial charge in [-0.15, -0.1) is 11.3 Å². The molecule has 2 aliphatic rings. The molecule has 1 N–H and O–H groups in total. The first-order valence-electron chi connectivity index (χ1n) is 17.4. The number of nitriles is 1. The lowest BCUT2D eigenvalue weighted by Gasteiger charge is -2.51. The van der Waals surface area contributed by atoms with Gasteiger partial charge in [-0.3, -0.25) is 19.4 Å². The van der Waals surface area contributed by atoms with E-state index in [1.165, 1.54) is 4.90 Å². The number of aliphatic carboxylic acids is 1. The summed E-state index contributed by atoms with van der Waals surface area (Å²) in [6, 6.07) is 10.5. The van der Waals surface area contributed by atoms with Crippen LogP contribution in [-0.2, 0) is 27.4 Å². The van der Waals surface area contributed by atoms with Crippen molar-refractivity contribution in [3.05, 3.63) is 75.7 Å². The van der Waals surface area contributed by atoms with Crippen molar-refractivity contribution in [2.75, 3.05) is 26.2 Å². The van der Waals surface area contributed by atoms with Crippen LogP contribution in [0.3, 0.4) is 0 Å². The number of carboxylic acids is 1. The lowest BCUT2D eigenvalue weighted by atomic mass is 9.72. The van der Waals surface area contributed by atoms with E-state index >= 15 is 0 Å². The van der Waals surface area contributed by atoms with Gasteiger partial charge in [-0.1, -0.05) is 31.5 Å². The second-order valence-electron chi connectivity index (χ2n) is 13.3. The van der Waals surface area contributed by atoms with E-state index in [0.29, 0.717) is 29.1 Å². The minimum absolute atomic E-state index is 0.00640. The van der Waals surface area contributed by atoms with Crippen molar-refractivity contribution in [3.63, 3.8) is 0 Å². The first-order valence-corrected chi connectivity index (χ1v) is 18.3. The van der Waals surface area contributed by atoms with Crippen LogP contribution in [0.25, 0.3) is 0 Å². The van der Waals surface area contributed by atoms with Crippen molar-refractivity contribution in [1.29, 1.82) is 5.26 Å². The van der Waals surface area contributed by atoms with Crippen molar-refractivity contribution in [1.82, 2.24) is 14.8 Å². The topological polar surface area (TPSA) is 133 Å². The average molecular weight is 781 g/mol. The number of nitrogens with zero attached hydrogens (tertiary/aromatic N) is 4. The second-order valence-corrected chi connectivity index (χ2v) is 14.2. The predicted octanol–water partition coefficient (Wildman–Crippen LogP) is 7.73. The molecule has 0 saturated carbocycles. The highest BCUT2D eigenvalue weighted by atomic mass is 32.1. The monoisotopic (exact) mass is 780 g/mol. The van der Waals surface area contributed by atoms with Gasteiger partial charge in [0.25, 0.3) is 11.8 Å². The van der Waals surface area contributed by atoms with Gasteiger partial charge in [-0.2, -0.15) is 31.6 Å². The van der Waals surface area contributed by atoms with Gasteiger partial charge in [0.05, 0.1) is 29.7 Å². The summed E-state index contributed by atoms with van der Waals surface area (Å²) in [7, 11) is 0. The van der Waals surface area contributed by atoms with Crippen molar-refractivity contribution in [3.8, 4) is 17.6 Å². The highest BCUT2D eigenvalue weighted by Crippen LogP contribution is 2.45. The van der Waals surface area contributed by atoms with Crippen LogP contribution in [0.5, 0.6) is 11.5 Å². The smallest absolute Gasteiger partial charge is 0.425 e. The summed E-state index contributed by atoms with van der Waals surface area (Å²) < 4.78 is 95.3. The van der Waals surface area contributed by atoms with Gasteiger partial charge < -0.3 is 24.4 Å². The van der Waals surface area contributed by atoms with E-state index in [1.54, 1.807) is 31.2 Å². The Balaban J connectivity index is 1.50. The van der Waals surface area contributed by atoms with E-state index in [1.807, 2.05) is 0 Å². The minimum atomic E-state index is -4.92. The van der Waals surface area contributed by atoms with Crippen LogP contribution in [0.2, 0.25) is 0 Å². The molecule has 2 atom stereocenters. The maximum absolute atomic E-state index is 14.9. The number of thiophene rings is 1. The van der Waals surface area contributed by atoms with Gasteiger partial charge in [0.15, 0.2) is 0 Å². The third-order valence-corrected chi connectivity index (χ3v) is 10.8. The molecule has 2 saturated heterocycles. The Morgan fingerprint density at radius 1 is 1.04 bits per heavy atom. The molecule has 0 unspecified atom stereocenters. The number of benzene rings is 1. The number of amides is 2. The Morgan fingerprint density at radius 3 is 2.39 bits per heavy atom. The highest BCUT2D eigenvalue weighted by Gasteiger charge is 2.57. The summed E-state index contributed by atoms with van der Waals surface area (Å²) >= 11 is 0.357. The lowest BCUT2D eigenvalue weighted by molar-refractivity contribution is -0.160. The van der Waals surface area contributed by atoms with Crippen molar-refractivity contribution >= 4 is 29.1 Å². The number of likely N-dealkylation sites (tertiary alicyclic amines) is 2. The fraction of sp³-hybridized carbons (Fsp3) is 0.486. The SMILES string of the molecule is CCC[C@H]1N(C(=O)c2ncccc2C(F)(F)F)CCC[C@@]1(Oc1csc(C(F)(F)F)c1)C(=O)N1CCC(C#N)(c2ccccc2OCCCC(=O)O)CC1. The Bertz CT molecular complexity index is 1870. The quantitative estimate of drug-likeness (QED) is 0.146. The van der Waals surface area contributed by atoms with Crippen LogP contribution in [0.4, 0.5) is 26.3 Å². The van der Waals surface area contributed by atoms with E-state index in [9.17, 15) is 46.0 Å². The fourth-order valence-corrected chi connectivity index (χ4v) is 7.95. The molecule has 2 aromatic heterocycles. The van der Waals surface area contributed by atoms with E-state index in [-0.39, 0.29) is 76.9 Å². The molecule has 17 heteroatoms. The molecule has 290 valence electrons. The van der Waals surface area contributed by atoms with Gasteiger partial charge in [0.2, 0.25) is 5.60 Å². The summed E-state index contributed by atoms with van der Waals surface area (Å²) in [4.78, 5) is 45.3. The molecule has 0 spiro atoms. The number of alkyl halides is 6. The van der Waals surface area contributed by atoms with Gasteiger partial charge in [-0.25, -0.2) is 0 Å². The number of rotatable bonds is 12. The summed E-state index contributed by atoms with van der Waals surface area (Å²) in [6.45, 7) is 1.75. The molecule has 2 aliphatic heterocycles. The maximum atomic E-state index is 14.9. The normalized spacial score (nSPS) is 20.2. The number of ether oxygens (including phenoxy) is 2. The predicted molar refractivity (Wildman–Crippen MR) is 183 cm³/mol. The van der Waals surface area contributed by atoms with Crippen LogP contribution < -0.4 is 9.47 Å². The molecule has 5 rings (SSSR count). The van der Waals surface area contributed by atoms with Crippen molar-refractivity contribution in [2.45, 2.75) is 87.7 Å². The molecule has 54 heavy (non-hydrogen) atoms. The molecule has 10 nitrogen and oxygen atoms in total. The Kier molecular flexibility index (Phi) is 12.1. The maximum Gasteiger partial charge on any atom is 0.425 e. The Morgan fingerprint density at radius 2 is 1.76 bits per heavy atom. The lowest BCUT2D eigenvalue weighted by Crippen LogP contribution is -2.68. The number of para-hydroxylation sites is 1. The van der Waals surface area contributed by atoms with Crippen molar-refractivity contribution < 1.29 is 55.3 Å². The molecule has 0 aliphatic carbocycles. The number of pyridine rings is 1. The van der Waals surface area contributed by atoms with Gasteiger partial charge in [0.1, 0.15) is 22.1 Å². The zero-order valence-electron chi connectivity index (χ0n) is 29.2. The zero-order valence-corrected chi connectivity index (χ0v) is 30.0. The van der Waals surface area contributed by atoms with Crippen LogP contribution in [-0.4, -0.2) is 75.6 Å².